The first-order valence-electron chi connectivity index (χ1n) is 7.46. The molecule has 2 fully saturated rings. The Labute approximate surface area is 119 Å². The van der Waals surface area contributed by atoms with E-state index in [4.69, 9.17) is 0 Å². The van der Waals surface area contributed by atoms with Gasteiger partial charge >= 0.3 is 0 Å². The van der Waals surface area contributed by atoms with Gasteiger partial charge in [-0.3, -0.25) is 10.1 Å². The zero-order chi connectivity index (χ0) is 13.9. The highest BCUT2D eigenvalue weighted by atomic mass is 16.6. The van der Waals surface area contributed by atoms with Crippen LogP contribution in [0.5, 0.6) is 0 Å². The van der Waals surface area contributed by atoms with E-state index in [1.807, 2.05) is 6.07 Å². The van der Waals surface area contributed by atoms with Gasteiger partial charge in [0, 0.05) is 30.4 Å². The van der Waals surface area contributed by atoms with E-state index in [0.29, 0.717) is 12.0 Å². The van der Waals surface area contributed by atoms with Crippen molar-refractivity contribution in [2.75, 3.05) is 24.5 Å². The molecule has 0 radical (unpaired) electrons. The Morgan fingerprint density at radius 3 is 2.65 bits per heavy atom. The van der Waals surface area contributed by atoms with Gasteiger partial charge in [-0.05, 0) is 50.8 Å². The van der Waals surface area contributed by atoms with E-state index in [0.717, 1.165) is 25.3 Å². The van der Waals surface area contributed by atoms with Crippen molar-refractivity contribution < 1.29 is 4.92 Å². The molecule has 1 aromatic rings. The number of non-ortho nitro benzene ring substituents is 1. The number of nitro benzene ring substituents is 1. The van der Waals surface area contributed by atoms with Crippen molar-refractivity contribution in [3.05, 3.63) is 34.4 Å². The first kappa shape index (κ1) is 13.4. The third kappa shape index (κ3) is 3.10. The molecule has 1 saturated heterocycles. The number of piperidine rings is 1. The fourth-order valence-corrected chi connectivity index (χ4v) is 2.98. The minimum atomic E-state index is -0.306. The zero-order valence-electron chi connectivity index (χ0n) is 11.6. The second-order valence-corrected chi connectivity index (χ2v) is 5.85. The van der Waals surface area contributed by atoms with E-state index in [2.05, 4.69) is 10.2 Å². The number of anilines is 1. The number of benzene rings is 1. The Balaban J connectivity index is 1.75. The third-order valence-electron chi connectivity index (χ3n) is 4.27. The maximum atomic E-state index is 10.9. The van der Waals surface area contributed by atoms with Gasteiger partial charge < -0.3 is 10.2 Å². The molecule has 3 rings (SSSR count). The number of rotatable bonds is 5. The molecule has 0 spiro atoms. The number of hydrogen-bond donors (Lipinski definition) is 1. The topological polar surface area (TPSA) is 58.4 Å². The molecular weight excluding hydrogens is 254 g/mol. The summed E-state index contributed by atoms with van der Waals surface area (Å²) in [7, 11) is 0. The Morgan fingerprint density at radius 2 is 2.00 bits per heavy atom. The average Bonchev–Trinajstić information content (AvgIpc) is 3.30. The van der Waals surface area contributed by atoms with Gasteiger partial charge in [0.2, 0.25) is 0 Å². The Kier molecular flexibility index (Phi) is 3.87. The largest absolute Gasteiger partial charge is 0.368 e. The van der Waals surface area contributed by atoms with Crippen LogP contribution < -0.4 is 10.2 Å². The Morgan fingerprint density at radius 1 is 1.25 bits per heavy atom. The highest BCUT2D eigenvalue weighted by molar-refractivity contribution is 5.54. The molecule has 0 unspecified atom stereocenters. The lowest BCUT2D eigenvalue weighted by Gasteiger charge is -2.31. The molecule has 5 heteroatoms. The predicted molar refractivity (Wildman–Crippen MR) is 79.1 cm³/mol. The van der Waals surface area contributed by atoms with Crippen LogP contribution in [0.2, 0.25) is 0 Å². The van der Waals surface area contributed by atoms with E-state index in [9.17, 15) is 10.1 Å². The lowest BCUT2D eigenvalue weighted by atomic mass is 9.97. The van der Waals surface area contributed by atoms with Crippen molar-refractivity contribution in [3.63, 3.8) is 0 Å². The molecule has 1 aromatic carbocycles. The second kappa shape index (κ2) is 5.79. The van der Waals surface area contributed by atoms with Gasteiger partial charge in [-0.2, -0.15) is 0 Å². The molecule has 5 nitrogen and oxygen atoms in total. The molecular formula is C15H21N3O2. The summed E-state index contributed by atoms with van der Waals surface area (Å²) in [4.78, 5) is 13.0. The Bertz CT molecular complexity index is 482. The van der Waals surface area contributed by atoms with Gasteiger partial charge in [-0.15, -0.1) is 0 Å². The SMILES string of the molecule is O=[N+]([O-])c1cccc(N(CC2CCNCC2)C2CC2)c1. The standard InChI is InChI=1S/C15H21N3O2/c19-18(20)15-3-1-2-14(10-15)17(13-4-5-13)11-12-6-8-16-9-7-12/h1-3,10,12-13,16H,4-9,11H2. The van der Waals surface area contributed by atoms with Crippen LogP contribution in [-0.2, 0) is 0 Å². The van der Waals surface area contributed by atoms with Crippen molar-refractivity contribution in [2.45, 2.75) is 31.7 Å². The van der Waals surface area contributed by atoms with Gasteiger partial charge in [0.15, 0.2) is 0 Å². The highest BCUT2D eigenvalue weighted by Crippen LogP contribution is 2.34. The summed E-state index contributed by atoms with van der Waals surface area (Å²) in [5.74, 6) is 0.705. The molecule has 1 heterocycles. The van der Waals surface area contributed by atoms with Gasteiger partial charge in [0.1, 0.15) is 0 Å². The first-order chi connectivity index (χ1) is 9.74. The lowest BCUT2D eigenvalue weighted by Crippen LogP contribution is -2.37. The fourth-order valence-electron chi connectivity index (χ4n) is 2.98. The van der Waals surface area contributed by atoms with Crippen molar-refractivity contribution in [1.29, 1.82) is 0 Å². The number of nitrogens with one attached hydrogen (secondary N) is 1. The summed E-state index contributed by atoms with van der Waals surface area (Å²) >= 11 is 0. The van der Waals surface area contributed by atoms with E-state index < -0.39 is 0 Å². The third-order valence-corrected chi connectivity index (χ3v) is 4.27. The van der Waals surface area contributed by atoms with Gasteiger partial charge in [0.25, 0.3) is 5.69 Å². The molecule has 0 aromatic heterocycles. The van der Waals surface area contributed by atoms with Crippen molar-refractivity contribution in [2.24, 2.45) is 5.92 Å². The van der Waals surface area contributed by atoms with Crippen LogP contribution in [0.4, 0.5) is 11.4 Å². The molecule has 0 amide bonds. The predicted octanol–water partition coefficient (Wildman–Crippen LogP) is 2.56. The molecule has 1 saturated carbocycles. The fraction of sp³-hybridized carbons (Fsp3) is 0.600. The minimum Gasteiger partial charge on any atom is -0.368 e. The highest BCUT2D eigenvalue weighted by Gasteiger charge is 2.31. The second-order valence-electron chi connectivity index (χ2n) is 5.85. The molecule has 20 heavy (non-hydrogen) atoms. The molecule has 1 aliphatic heterocycles. The van der Waals surface area contributed by atoms with Crippen molar-refractivity contribution in [1.82, 2.24) is 5.32 Å². The molecule has 1 aliphatic carbocycles. The molecule has 0 bridgehead atoms. The summed E-state index contributed by atoms with van der Waals surface area (Å²) in [6.07, 6.45) is 4.84. The summed E-state index contributed by atoms with van der Waals surface area (Å²) in [5.41, 5.74) is 1.21. The summed E-state index contributed by atoms with van der Waals surface area (Å²) in [6, 6.07) is 7.68. The van der Waals surface area contributed by atoms with Crippen LogP contribution >= 0.6 is 0 Å². The maximum absolute atomic E-state index is 10.9. The number of nitrogens with zero attached hydrogens (tertiary/aromatic N) is 2. The van der Waals surface area contributed by atoms with E-state index in [1.165, 1.54) is 25.7 Å². The van der Waals surface area contributed by atoms with Gasteiger partial charge in [0.05, 0.1) is 4.92 Å². The summed E-state index contributed by atoms with van der Waals surface area (Å²) in [5, 5.41) is 14.3. The molecule has 1 N–H and O–H groups in total. The molecule has 108 valence electrons. The summed E-state index contributed by atoms with van der Waals surface area (Å²) < 4.78 is 0. The van der Waals surface area contributed by atoms with E-state index in [1.54, 1.807) is 18.2 Å². The Hall–Kier alpha value is -1.62. The number of hydrogen-bond acceptors (Lipinski definition) is 4. The van der Waals surface area contributed by atoms with Crippen LogP contribution in [0, 0.1) is 16.0 Å². The molecule has 0 atom stereocenters. The van der Waals surface area contributed by atoms with Gasteiger partial charge in [-0.1, -0.05) is 6.07 Å². The minimum absolute atomic E-state index is 0.193. The van der Waals surface area contributed by atoms with Crippen LogP contribution in [0.3, 0.4) is 0 Å². The first-order valence-corrected chi connectivity index (χ1v) is 7.46. The quantitative estimate of drug-likeness (QED) is 0.663. The zero-order valence-corrected chi connectivity index (χ0v) is 11.6. The van der Waals surface area contributed by atoms with Crippen molar-refractivity contribution >= 4 is 11.4 Å². The van der Waals surface area contributed by atoms with Crippen LogP contribution in [-0.4, -0.2) is 30.6 Å². The maximum Gasteiger partial charge on any atom is 0.271 e. The van der Waals surface area contributed by atoms with Crippen LogP contribution in [0.15, 0.2) is 24.3 Å². The average molecular weight is 275 g/mol. The number of nitro groups is 1. The van der Waals surface area contributed by atoms with Crippen LogP contribution in [0.1, 0.15) is 25.7 Å². The van der Waals surface area contributed by atoms with Crippen LogP contribution in [0.25, 0.3) is 0 Å². The molecule has 2 aliphatic rings. The summed E-state index contributed by atoms with van der Waals surface area (Å²) in [6.45, 7) is 3.23. The lowest BCUT2D eigenvalue weighted by molar-refractivity contribution is -0.384. The van der Waals surface area contributed by atoms with E-state index >= 15 is 0 Å². The monoisotopic (exact) mass is 275 g/mol. The smallest absolute Gasteiger partial charge is 0.271 e. The van der Waals surface area contributed by atoms with E-state index in [-0.39, 0.29) is 10.6 Å². The normalized spacial score (nSPS) is 19.8. The van der Waals surface area contributed by atoms with Crippen molar-refractivity contribution in [3.8, 4) is 0 Å². The van der Waals surface area contributed by atoms with Gasteiger partial charge in [-0.25, -0.2) is 0 Å².